The number of hydrogen-bond donors (Lipinski definition) is 0. The van der Waals surface area contributed by atoms with Gasteiger partial charge in [-0.3, -0.25) is 14.5 Å². The Balaban J connectivity index is 1.76. The third-order valence-electron chi connectivity index (χ3n) is 4.82. The maximum atomic E-state index is 12.4. The van der Waals surface area contributed by atoms with E-state index in [9.17, 15) is 9.59 Å². The minimum absolute atomic E-state index is 0.0493. The first kappa shape index (κ1) is 9.63. The van der Waals surface area contributed by atoms with Crippen LogP contribution < -0.4 is 0 Å². The van der Waals surface area contributed by atoms with Crippen LogP contribution >= 0.6 is 0 Å². The molecule has 3 heteroatoms. The Morgan fingerprint density at radius 1 is 1.12 bits per heavy atom. The summed E-state index contributed by atoms with van der Waals surface area (Å²) in [5.41, 5.74) is 2.21. The van der Waals surface area contributed by atoms with E-state index in [1.165, 1.54) is 10.5 Å². The molecule has 3 fully saturated rings. The number of nitrogens with zero attached hydrogens (tertiary/aromatic N) is 1. The van der Waals surface area contributed by atoms with Crippen molar-refractivity contribution in [2.45, 2.75) is 26.2 Å². The number of allylic oxidation sites excluding steroid dienone is 4. The van der Waals surface area contributed by atoms with Crippen molar-refractivity contribution < 1.29 is 9.59 Å². The smallest absolute Gasteiger partial charge is 0.238 e. The zero-order valence-electron chi connectivity index (χ0n) is 9.85. The molecule has 0 aromatic rings. The maximum absolute atomic E-state index is 12.4. The van der Waals surface area contributed by atoms with E-state index >= 15 is 0 Å². The highest BCUT2D eigenvalue weighted by Gasteiger charge is 2.59. The van der Waals surface area contributed by atoms with Gasteiger partial charge in [0.1, 0.15) is 0 Å². The fraction of sp³-hybridized carbons (Fsp3) is 0.571. The summed E-state index contributed by atoms with van der Waals surface area (Å²) in [6, 6.07) is 0. The van der Waals surface area contributed by atoms with Gasteiger partial charge in [-0.25, -0.2) is 0 Å². The molecule has 0 radical (unpaired) electrons. The molecule has 4 atom stereocenters. The largest absolute Gasteiger partial charge is 0.274 e. The molecular weight excluding hydrogens is 214 g/mol. The average molecular weight is 229 g/mol. The quantitative estimate of drug-likeness (QED) is 0.508. The molecule has 4 unspecified atom stereocenters. The first-order chi connectivity index (χ1) is 8.18. The van der Waals surface area contributed by atoms with E-state index in [2.05, 4.69) is 12.2 Å². The number of fused-ring (bicyclic) bond motifs is 5. The van der Waals surface area contributed by atoms with E-state index in [-0.39, 0.29) is 23.7 Å². The second-order valence-electron chi connectivity index (χ2n) is 5.70. The zero-order valence-corrected chi connectivity index (χ0v) is 9.85. The summed E-state index contributed by atoms with van der Waals surface area (Å²) >= 11 is 0. The number of likely N-dealkylation sites (tertiary alicyclic amines) is 1. The Kier molecular flexibility index (Phi) is 1.64. The molecule has 3 aliphatic carbocycles. The number of amides is 2. The van der Waals surface area contributed by atoms with Crippen LogP contribution in [0.1, 0.15) is 26.2 Å². The summed E-state index contributed by atoms with van der Waals surface area (Å²) < 4.78 is 0. The Morgan fingerprint density at radius 3 is 2.12 bits per heavy atom. The topological polar surface area (TPSA) is 37.4 Å². The molecule has 2 amide bonds. The average Bonchev–Trinajstić information content (AvgIpc) is 2.88. The van der Waals surface area contributed by atoms with Crippen molar-refractivity contribution in [1.29, 1.82) is 0 Å². The van der Waals surface area contributed by atoms with E-state index in [1.807, 2.05) is 6.92 Å². The first-order valence-electron chi connectivity index (χ1n) is 6.43. The summed E-state index contributed by atoms with van der Waals surface area (Å²) in [5, 5.41) is 0. The molecule has 4 aliphatic rings. The fourth-order valence-corrected chi connectivity index (χ4v) is 3.82. The normalized spacial score (nSPS) is 41.5. The van der Waals surface area contributed by atoms with Gasteiger partial charge in [0.25, 0.3) is 0 Å². The molecule has 3 nitrogen and oxygen atoms in total. The molecule has 1 aliphatic heterocycles. The molecule has 0 spiro atoms. The fourth-order valence-electron chi connectivity index (χ4n) is 3.82. The number of hydrogen-bond acceptors (Lipinski definition) is 2. The molecule has 1 saturated heterocycles. The van der Waals surface area contributed by atoms with Crippen molar-refractivity contribution in [3.8, 4) is 0 Å². The van der Waals surface area contributed by atoms with Crippen LogP contribution in [0, 0.1) is 23.7 Å². The highest BCUT2D eigenvalue weighted by atomic mass is 16.2. The van der Waals surface area contributed by atoms with Gasteiger partial charge < -0.3 is 0 Å². The lowest BCUT2D eigenvalue weighted by Gasteiger charge is -2.17. The van der Waals surface area contributed by atoms with Crippen LogP contribution in [-0.2, 0) is 9.59 Å². The SMILES string of the molecule is CC(=C1CC1)N1C(=O)C2C3C=CC(C3)C2C1=O. The van der Waals surface area contributed by atoms with Gasteiger partial charge in [-0.05, 0) is 43.6 Å². The molecule has 4 rings (SSSR count). The van der Waals surface area contributed by atoms with Crippen molar-refractivity contribution >= 4 is 11.8 Å². The first-order valence-corrected chi connectivity index (χ1v) is 6.43. The zero-order chi connectivity index (χ0) is 11.7. The third-order valence-corrected chi connectivity index (χ3v) is 4.82. The van der Waals surface area contributed by atoms with Gasteiger partial charge >= 0.3 is 0 Å². The standard InChI is InChI=1S/C14H15NO2/c1-7(8-2-3-8)15-13(16)11-9-4-5-10(6-9)12(11)14(15)17/h4-5,9-12H,2-3,6H2,1H3. The number of imide groups is 1. The van der Waals surface area contributed by atoms with Crippen molar-refractivity contribution in [3.05, 3.63) is 23.4 Å². The minimum atomic E-state index is -0.0493. The summed E-state index contributed by atoms with van der Waals surface area (Å²) in [5.74, 6) is 0.674. The summed E-state index contributed by atoms with van der Waals surface area (Å²) in [6.07, 6.45) is 7.41. The monoisotopic (exact) mass is 229 g/mol. The Morgan fingerprint density at radius 2 is 1.65 bits per heavy atom. The number of carbonyl (C=O) groups excluding carboxylic acids is 2. The lowest BCUT2D eigenvalue weighted by Crippen LogP contribution is -2.31. The van der Waals surface area contributed by atoms with Gasteiger partial charge in [0.2, 0.25) is 11.8 Å². The molecular formula is C14H15NO2. The molecule has 2 bridgehead atoms. The molecule has 0 aromatic carbocycles. The molecule has 0 N–H and O–H groups in total. The van der Waals surface area contributed by atoms with Gasteiger partial charge in [-0.15, -0.1) is 0 Å². The predicted octanol–water partition coefficient (Wildman–Crippen LogP) is 1.86. The number of rotatable bonds is 1. The molecule has 1 heterocycles. The lowest BCUT2D eigenvalue weighted by molar-refractivity contribution is -0.138. The minimum Gasteiger partial charge on any atom is -0.274 e. The van der Waals surface area contributed by atoms with Crippen LogP contribution in [0.25, 0.3) is 0 Å². The third kappa shape index (κ3) is 1.07. The van der Waals surface area contributed by atoms with E-state index in [0.29, 0.717) is 11.8 Å². The van der Waals surface area contributed by atoms with Crippen molar-refractivity contribution in [2.24, 2.45) is 23.7 Å². The summed E-state index contributed by atoms with van der Waals surface area (Å²) in [6.45, 7) is 1.93. The van der Waals surface area contributed by atoms with Gasteiger partial charge in [0.15, 0.2) is 0 Å². The van der Waals surface area contributed by atoms with Crippen LogP contribution in [0.4, 0.5) is 0 Å². The summed E-state index contributed by atoms with van der Waals surface area (Å²) in [7, 11) is 0. The number of carbonyl (C=O) groups is 2. The van der Waals surface area contributed by atoms with Crippen LogP contribution in [0.5, 0.6) is 0 Å². The molecule has 0 aromatic heterocycles. The van der Waals surface area contributed by atoms with Crippen molar-refractivity contribution in [2.75, 3.05) is 0 Å². The second kappa shape index (κ2) is 2.89. The predicted molar refractivity (Wildman–Crippen MR) is 61.5 cm³/mol. The van der Waals surface area contributed by atoms with E-state index in [1.54, 1.807) is 0 Å². The Bertz CT molecular complexity index is 466. The summed E-state index contributed by atoms with van der Waals surface area (Å²) in [4.78, 5) is 26.3. The van der Waals surface area contributed by atoms with Crippen LogP contribution in [-0.4, -0.2) is 16.7 Å². The van der Waals surface area contributed by atoms with E-state index in [4.69, 9.17) is 0 Å². The highest BCUT2D eigenvalue weighted by Crippen LogP contribution is 2.53. The van der Waals surface area contributed by atoms with E-state index < -0.39 is 0 Å². The van der Waals surface area contributed by atoms with Crippen molar-refractivity contribution in [1.82, 2.24) is 4.90 Å². The van der Waals surface area contributed by atoms with Crippen molar-refractivity contribution in [3.63, 3.8) is 0 Å². The van der Waals surface area contributed by atoms with Gasteiger partial charge in [-0.1, -0.05) is 12.2 Å². The lowest BCUT2D eigenvalue weighted by atomic mass is 9.85. The Labute approximate surface area is 100 Å². The van der Waals surface area contributed by atoms with Crippen LogP contribution in [0.2, 0.25) is 0 Å². The molecule has 88 valence electrons. The van der Waals surface area contributed by atoms with Crippen LogP contribution in [0.15, 0.2) is 23.4 Å². The highest BCUT2D eigenvalue weighted by molar-refractivity contribution is 6.08. The molecule has 2 saturated carbocycles. The van der Waals surface area contributed by atoms with Gasteiger partial charge in [0, 0.05) is 5.70 Å². The van der Waals surface area contributed by atoms with Gasteiger partial charge in [0.05, 0.1) is 11.8 Å². The van der Waals surface area contributed by atoms with Crippen LogP contribution in [0.3, 0.4) is 0 Å². The maximum Gasteiger partial charge on any atom is 0.238 e. The molecule has 17 heavy (non-hydrogen) atoms. The second-order valence-corrected chi connectivity index (χ2v) is 5.70. The van der Waals surface area contributed by atoms with E-state index in [0.717, 1.165) is 25.0 Å². The van der Waals surface area contributed by atoms with Gasteiger partial charge in [-0.2, -0.15) is 0 Å². The Hall–Kier alpha value is -1.38.